The van der Waals surface area contributed by atoms with Crippen LogP contribution in [0.4, 0.5) is 10.1 Å². The van der Waals surface area contributed by atoms with E-state index in [1.807, 2.05) is 6.07 Å². The van der Waals surface area contributed by atoms with Gasteiger partial charge < -0.3 is 21.1 Å². The van der Waals surface area contributed by atoms with E-state index in [1.165, 1.54) is 12.3 Å². The van der Waals surface area contributed by atoms with Crippen molar-refractivity contribution >= 4 is 56.7 Å². The van der Waals surface area contributed by atoms with E-state index in [0.29, 0.717) is 48.2 Å². The normalized spacial score (nSPS) is 29.0. The van der Waals surface area contributed by atoms with E-state index in [-0.39, 0.29) is 34.7 Å². The van der Waals surface area contributed by atoms with Crippen molar-refractivity contribution in [1.82, 2.24) is 15.6 Å². The van der Waals surface area contributed by atoms with Crippen LogP contribution in [0.5, 0.6) is 0 Å². The zero-order valence-corrected chi connectivity index (χ0v) is 28.4. The van der Waals surface area contributed by atoms with Crippen LogP contribution in [0.25, 0.3) is 0 Å². The summed E-state index contributed by atoms with van der Waals surface area (Å²) in [4.78, 5) is 44.2. The molecular weight excluding hydrogens is 676 g/mol. The summed E-state index contributed by atoms with van der Waals surface area (Å²) in [5.74, 6) is -2.99. The summed E-state index contributed by atoms with van der Waals surface area (Å²) in [7, 11) is -3.67. The van der Waals surface area contributed by atoms with Crippen LogP contribution in [0.3, 0.4) is 0 Å². The maximum absolute atomic E-state index is 16.0. The summed E-state index contributed by atoms with van der Waals surface area (Å²) in [6, 6.07) is 5.34. The number of benzene rings is 1. The summed E-state index contributed by atoms with van der Waals surface area (Å²) < 4.78 is 47.4. The van der Waals surface area contributed by atoms with Crippen LogP contribution in [-0.4, -0.2) is 72.3 Å². The molecule has 4 aliphatic rings. The Morgan fingerprint density at radius 3 is 2.40 bits per heavy atom. The average Bonchev–Trinajstić information content (AvgIpc) is 3.43. The molecule has 3 aliphatic heterocycles. The number of anilines is 1. The number of nitrogens with two attached hydrogens (primary N) is 1. The van der Waals surface area contributed by atoms with Crippen LogP contribution in [-0.2, 0) is 34.7 Å². The second-order valence-corrected chi connectivity index (χ2v) is 15.8. The zero-order valence-electron chi connectivity index (χ0n) is 26.1. The van der Waals surface area contributed by atoms with Gasteiger partial charge in [-0.25, -0.2) is 9.37 Å². The van der Waals surface area contributed by atoms with E-state index in [1.54, 1.807) is 12.1 Å². The second-order valence-electron chi connectivity index (χ2n) is 13.5. The number of carbonyl (C=O) groups excluding carboxylic acids is 3. The van der Waals surface area contributed by atoms with Crippen molar-refractivity contribution in [2.75, 3.05) is 18.2 Å². The molecular formula is C31H38Cl2FN5O7S. The minimum absolute atomic E-state index is 0.0312. The summed E-state index contributed by atoms with van der Waals surface area (Å²) in [5.41, 5.74) is 4.54. The van der Waals surface area contributed by atoms with Gasteiger partial charge in [-0.2, -0.15) is 8.42 Å². The molecule has 12 nitrogen and oxygen atoms in total. The minimum atomic E-state index is -3.67. The van der Waals surface area contributed by atoms with E-state index >= 15 is 4.39 Å². The Hall–Kier alpha value is -2.88. The number of halogens is 3. The lowest BCUT2D eigenvalue weighted by Gasteiger charge is -2.50. The van der Waals surface area contributed by atoms with Gasteiger partial charge in [0, 0.05) is 28.4 Å². The lowest BCUT2D eigenvalue weighted by atomic mass is 9.53. The molecule has 256 valence electrons. The van der Waals surface area contributed by atoms with E-state index in [4.69, 9.17) is 38.2 Å². The first-order valence-corrected chi connectivity index (χ1v) is 17.8. The van der Waals surface area contributed by atoms with Crippen LogP contribution in [0.15, 0.2) is 30.5 Å². The van der Waals surface area contributed by atoms with Gasteiger partial charge in [-0.3, -0.25) is 24.3 Å². The van der Waals surface area contributed by atoms with Gasteiger partial charge in [0.15, 0.2) is 11.0 Å². The molecule has 2 spiro atoms. The standard InChI is InChI=1S/C30H34Cl2FN5O4.CH4O3S/c1-28(2)8-10-29(11-9-28)30(18-5-3-15(31)13-19(18)37-27(30)41)21(17-7-12-35-24(32)22(17)33)23(38-29)26(40)36-16-4-6-20(25(34)39)42-14-16;1-5(2,3)4/h3,5,7,12-13,16,20-21,23,38H,4,6,8-11,14H2,1-2H3,(H2,34,39)(H,36,40)(H,37,41);1H3,(H,2,3,4)/t16-,20+,21+,23-,30-;/m1./s1. The Balaban J connectivity index is 0.000000807. The van der Waals surface area contributed by atoms with Gasteiger partial charge in [-0.15, -0.1) is 0 Å². The van der Waals surface area contributed by atoms with Gasteiger partial charge in [0.05, 0.1) is 24.9 Å². The van der Waals surface area contributed by atoms with Crippen molar-refractivity contribution in [2.24, 2.45) is 11.1 Å². The van der Waals surface area contributed by atoms with Crippen LogP contribution in [0.1, 0.15) is 69.4 Å². The first kappa shape index (κ1) is 35.4. The fraction of sp³-hybridized carbons (Fsp3) is 0.548. The SMILES string of the molecule is CC1(C)CCC2(CC1)N[C@@H](C(=O)N[C@@H]1CC[C@@H](C(N)=O)OC1)[C@H](c1ccnc(Cl)c1F)[C@]21C(=O)Nc2cc(Cl)ccc21.CS(=O)(=O)O. The molecule has 3 amide bonds. The first-order valence-electron chi connectivity index (χ1n) is 15.2. The highest BCUT2D eigenvalue weighted by Gasteiger charge is 2.73. The molecule has 6 rings (SSSR count). The third kappa shape index (κ3) is 6.73. The third-order valence-electron chi connectivity index (χ3n) is 9.89. The van der Waals surface area contributed by atoms with Crippen molar-refractivity contribution in [3.05, 3.63) is 57.6 Å². The zero-order chi connectivity index (χ0) is 34.5. The fourth-order valence-electron chi connectivity index (χ4n) is 7.71. The number of primary amides is 1. The molecule has 1 aliphatic carbocycles. The molecule has 2 saturated heterocycles. The van der Waals surface area contributed by atoms with Gasteiger partial charge in [-0.1, -0.05) is 43.1 Å². The molecule has 1 aromatic heterocycles. The average molecular weight is 715 g/mol. The third-order valence-corrected chi connectivity index (χ3v) is 10.4. The Bertz CT molecular complexity index is 1680. The number of aromatic nitrogens is 1. The van der Waals surface area contributed by atoms with Crippen molar-refractivity contribution < 1.29 is 36.5 Å². The molecule has 5 atom stereocenters. The first-order chi connectivity index (χ1) is 21.9. The number of hydrogen-bond acceptors (Lipinski definition) is 8. The highest BCUT2D eigenvalue weighted by Crippen LogP contribution is 2.64. The number of carbonyl (C=O) groups is 3. The number of fused-ring (bicyclic) bond motifs is 3. The quantitative estimate of drug-likeness (QED) is 0.233. The molecule has 0 radical (unpaired) electrons. The van der Waals surface area contributed by atoms with Crippen molar-refractivity contribution in [3.8, 4) is 0 Å². The number of nitrogens with one attached hydrogen (secondary N) is 3. The van der Waals surface area contributed by atoms with E-state index in [9.17, 15) is 22.8 Å². The van der Waals surface area contributed by atoms with Gasteiger partial charge in [0.25, 0.3) is 10.1 Å². The maximum atomic E-state index is 16.0. The number of amides is 3. The topological polar surface area (TPSA) is 190 Å². The van der Waals surface area contributed by atoms with Crippen molar-refractivity contribution in [2.45, 2.75) is 87.4 Å². The molecule has 0 unspecified atom stereocenters. The highest BCUT2D eigenvalue weighted by molar-refractivity contribution is 7.85. The predicted octanol–water partition coefficient (Wildman–Crippen LogP) is 3.47. The molecule has 1 aromatic carbocycles. The highest BCUT2D eigenvalue weighted by atomic mass is 35.5. The van der Waals surface area contributed by atoms with Crippen LogP contribution >= 0.6 is 23.2 Å². The summed E-state index contributed by atoms with van der Waals surface area (Å²) >= 11 is 12.5. The summed E-state index contributed by atoms with van der Waals surface area (Å²) in [6.07, 6.45) is 5.03. The van der Waals surface area contributed by atoms with Gasteiger partial charge in [0.1, 0.15) is 11.5 Å². The van der Waals surface area contributed by atoms with Crippen LogP contribution in [0, 0.1) is 11.2 Å². The number of ether oxygens (including phenoxy) is 1. The van der Waals surface area contributed by atoms with Crippen molar-refractivity contribution in [1.29, 1.82) is 0 Å². The Morgan fingerprint density at radius 2 is 1.81 bits per heavy atom. The second kappa shape index (κ2) is 12.9. The van der Waals surface area contributed by atoms with Gasteiger partial charge in [0.2, 0.25) is 17.7 Å². The Kier molecular flexibility index (Phi) is 9.70. The number of nitrogens with zero attached hydrogens (tertiary/aromatic N) is 1. The lowest BCUT2D eigenvalue weighted by Crippen LogP contribution is -2.61. The summed E-state index contributed by atoms with van der Waals surface area (Å²) in [5, 5.41) is 9.81. The maximum Gasteiger partial charge on any atom is 0.261 e. The molecule has 47 heavy (non-hydrogen) atoms. The summed E-state index contributed by atoms with van der Waals surface area (Å²) in [6.45, 7) is 4.49. The minimum Gasteiger partial charge on any atom is -0.367 e. The number of pyridine rings is 1. The molecule has 4 heterocycles. The molecule has 16 heteroatoms. The number of hydrogen-bond donors (Lipinski definition) is 5. The Morgan fingerprint density at radius 1 is 1.15 bits per heavy atom. The molecule has 6 N–H and O–H groups in total. The fourth-order valence-corrected chi connectivity index (χ4v) is 8.05. The monoisotopic (exact) mass is 713 g/mol. The van der Waals surface area contributed by atoms with Crippen LogP contribution in [0.2, 0.25) is 10.2 Å². The van der Waals surface area contributed by atoms with Crippen LogP contribution < -0.4 is 21.7 Å². The molecule has 1 saturated carbocycles. The van der Waals surface area contributed by atoms with Crippen molar-refractivity contribution in [3.63, 3.8) is 0 Å². The van der Waals surface area contributed by atoms with E-state index < -0.39 is 56.8 Å². The molecule has 3 fully saturated rings. The molecule has 2 aromatic rings. The number of rotatable bonds is 4. The lowest BCUT2D eigenvalue weighted by molar-refractivity contribution is -0.134. The smallest absolute Gasteiger partial charge is 0.261 e. The van der Waals surface area contributed by atoms with E-state index in [2.05, 4.69) is 34.8 Å². The predicted molar refractivity (Wildman–Crippen MR) is 173 cm³/mol. The Labute approximate surface area is 282 Å². The van der Waals surface area contributed by atoms with Gasteiger partial charge in [-0.05, 0) is 73.3 Å². The molecule has 0 bridgehead atoms. The van der Waals surface area contributed by atoms with E-state index in [0.717, 1.165) is 12.8 Å². The van der Waals surface area contributed by atoms with Gasteiger partial charge >= 0.3 is 0 Å². The largest absolute Gasteiger partial charge is 0.367 e.